The second-order valence-electron chi connectivity index (χ2n) is 11.2. The van der Waals surface area contributed by atoms with Crippen LogP contribution in [-0.2, 0) is 22.6 Å². The highest BCUT2D eigenvalue weighted by Crippen LogP contribution is 2.51. The summed E-state index contributed by atoms with van der Waals surface area (Å²) in [5.41, 5.74) is 8.61. The first kappa shape index (κ1) is 26.6. The average molecular weight is 532 g/mol. The molecule has 0 bridgehead atoms. The maximum atomic E-state index is 13.9. The monoisotopic (exact) mass is 531 g/mol. The molecule has 204 valence electrons. The van der Waals surface area contributed by atoms with Crippen LogP contribution in [0.4, 0.5) is 0 Å². The number of hydrogen-bond donors (Lipinski definition) is 4. The first-order valence-electron chi connectivity index (χ1n) is 12.9. The van der Waals surface area contributed by atoms with E-state index in [1.54, 1.807) is 25.1 Å². The molecule has 5 N–H and O–H groups in total. The standard InChI is InChI=1S/C30H33N3O6/c1-32(2)13-14-5-7-15(8-6-14)17-9-10-20(34)22-18(17)11-16-12-19-23(27(36)21(16)26(22)35)28(37)24(30(31)39)29(38)25(19)33(3)4/h5-10,16,19,23,25,34,36,38H,11-13H2,1-4H3,(H2,31,39)/t16-,19+,23?,25-/m0/s1. The zero-order chi connectivity index (χ0) is 28.3. The van der Waals surface area contributed by atoms with Crippen LogP contribution in [0.5, 0.6) is 5.75 Å². The molecular formula is C30H33N3O6. The quantitative estimate of drug-likeness (QED) is 0.431. The molecule has 2 aromatic rings. The molecule has 9 heteroatoms. The predicted octanol–water partition coefficient (Wildman–Crippen LogP) is 2.73. The first-order valence-corrected chi connectivity index (χ1v) is 12.9. The SMILES string of the molecule is CN(C)Cc1ccc(-c2ccc(O)c3c2C[C@H]2C[C@@H]4C(C(=O)C(C(N)=O)=C(O)[C@H]4N(C)C)C(O)=C2C3=O)cc1. The molecule has 5 rings (SSSR count). The van der Waals surface area contributed by atoms with Crippen molar-refractivity contribution < 1.29 is 29.7 Å². The van der Waals surface area contributed by atoms with Crippen molar-refractivity contribution in [2.24, 2.45) is 23.5 Å². The van der Waals surface area contributed by atoms with Gasteiger partial charge in [0, 0.05) is 12.1 Å². The Balaban J connectivity index is 1.62. The normalized spacial score (nSPS) is 24.7. The first-order chi connectivity index (χ1) is 18.4. The van der Waals surface area contributed by atoms with Crippen LogP contribution in [0.3, 0.4) is 0 Å². The number of nitrogens with zero attached hydrogens (tertiary/aromatic N) is 2. The summed E-state index contributed by atoms with van der Waals surface area (Å²) in [6.45, 7) is 0.787. The summed E-state index contributed by atoms with van der Waals surface area (Å²) in [7, 11) is 7.41. The second-order valence-corrected chi connectivity index (χ2v) is 11.2. The zero-order valence-corrected chi connectivity index (χ0v) is 22.4. The van der Waals surface area contributed by atoms with Gasteiger partial charge in [0.25, 0.3) is 5.91 Å². The van der Waals surface area contributed by atoms with E-state index in [2.05, 4.69) is 4.90 Å². The molecule has 9 nitrogen and oxygen atoms in total. The number of Topliss-reactive ketones (excluding diaryl/α,β-unsaturated/α-hetero) is 2. The van der Waals surface area contributed by atoms with Crippen LogP contribution in [0.15, 0.2) is 59.1 Å². The van der Waals surface area contributed by atoms with E-state index in [1.807, 2.05) is 38.4 Å². The Morgan fingerprint density at radius 1 is 0.974 bits per heavy atom. The Hall–Kier alpha value is -3.95. The third kappa shape index (κ3) is 4.22. The Bertz CT molecular complexity index is 1450. The number of primary amides is 1. The number of fused-ring (bicyclic) bond motifs is 3. The topological polar surface area (TPSA) is 144 Å². The van der Waals surface area contributed by atoms with E-state index in [0.717, 1.165) is 23.2 Å². The molecule has 1 amide bonds. The molecule has 4 atom stereocenters. The van der Waals surface area contributed by atoms with E-state index < -0.39 is 58.4 Å². The number of aliphatic hydroxyl groups excluding tert-OH is 2. The molecular weight excluding hydrogens is 498 g/mol. The molecule has 0 fully saturated rings. The van der Waals surface area contributed by atoms with Gasteiger partial charge < -0.3 is 26.0 Å². The Labute approximate surface area is 226 Å². The van der Waals surface area contributed by atoms with Crippen LogP contribution in [0.25, 0.3) is 11.1 Å². The Morgan fingerprint density at radius 3 is 2.23 bits per heavy atom. The van der Waals surface area contributed by atoms with Gasteiger partial charge in [0.1, 0.15) is 22.8 Å². The number of likely N-dealkylation sites (N-methyl/N-ethyl adjacent to an activating group) is 1. The number of phenols is 1. The molecule has 1 unspecified atom stereocenters. The molecule has 0 aromatic heterocycles. The van der Waals surface area contributed by atoms with Gasteiger partial charge in [0.2, 0.25) is 0 Å². The number of aliphatic hydroxyl groups is 2. The van der Waals surface area contributed by atoms with Crippen LogP contribution >= 0.6 is 0 Å². The summed E-state index contributed by atoms with van der Waals surface area (Å²) in [4.78, 5) is 43.0. The number of amides is 1. The smallest absolute Gasteiger partial charge is 0.255 e. The van der Waals surface area contributed by atoms with E-state index in [0.29, 0.717) is 18.4 Å². The summed E-state index contributed by atoms with van der Waals surface area (Å²) >= 11 is 0. The van der Waals surface area contributed by atoms with E-state index in [9.17, 15) is 29.7 Å². The number of hydrogen-bond acceptors (Lipinski definition) is 8. The number of allylic oxidation sites excluding steroid dienone is 2. The second kappa shape index (κ2) is 9.66. The van der Waals surface area contributed by atoms with E-state index >= 15 is 0 Å². The van der Waals surface area contributed by atoms with Crippen LogP contribution in [0.1, 0.15) is 27.9 Å². The molecule has 0 aliphatic heterocycles. The lowest BCUT2D eigenvalue weighted by atomic mass is 9.60. The van der Waals surface area contributed by atoms with Gasteiger partial charge in [-0.2, -0.15) is 0 Å². The van der Waals surface area contributed by atoms with Gasteiger partial charge >= 0.3 is 0 Å². The van der Waals surface area contributed by atoms with Crippen molar-refractivity contribution in [3.05, 3.63) is 75.8 Å². The molecule has 0 saturated heterocycles. The summed E-state index contributed by atoms with van der Waals surface area (Å²) in [6.07, 6.45) is 0.672. The van der Waals surface area contributed by atoms with Crippen LogP contribution in [-0.4, -0.2) is 76.8 Å². The number of benzene rings is 2. The highest BCUT2D eigenvalue weighted by atomic mass is 16.3. The van der Waals surface area contributed by atoms with E-state index in [1.165, 1.54) is 6.07 Å². The lowest BCUT2D eigenvalue weighted by molar-refractivity contribution is -0.127. The number of carbonyl (C=O) groups is 3. The summed E-state index contributed by atoms with van der Waals surface area (Å²) in [5, 5.41) is 33.1. The lowest BCUT2D eigenvalue weighted by Gasteiger charge is -2.46. The maximum absolute atomic E-state index is 13.9. The molecule has 39 heavy (non-hydrogen) atoms. The van der Waals surface area contributed by atoms with Crippen molar-refractivity contribution in [1.29, 1.82) is 0 Å². The van der Waals surface area contributed by atoms with Crippen molar-refractivity contribution in [3.8, 4) is 16.9 Å². The van der Waals surface area contributed by atoms with Crippen LogP contribution < -0.4 is 5.73 Å². The van der Waals surface area contributed by atoms with Crippen molar-refractivity contribution >= 4 is 17.5 Å². The van der Waals surface area contributed by atoms with Crippen molar-refractivity contribution in [3.63, 3.8) is 0 Å². The molecule has 0 heterocycles. The number of carbonyl (C=O) groups excluding carboxylic acids is 3. The molecule has 2 aromatic carbocycles. The average Bonchev–Trinajstić information content (AvgIpc) is 2.83. The highest BCUT2D eigenvalue weighted by molar-refractivity contribution is 6.22. The molecule has 3 aliphatic rings. The van der Waals surface area contributed by atoms with Crippen molar-refractivity contribution in [2.75, 3.05) is 28.2 Å². The Morgan fingerprint density at radius 2 is 1.64 bits per heavy atom. The van der Waals surface area contributed by atoms with E-state index in [4.69, 9.17) is 5.73 Å². The fourth-order valence-corrected chi connectivity index (χ4v) is 6.69. The van der Waals surface area contributed by atoms with Gasteiger partial charge in [0.15, 0.2) is 11.6 Å². The minimum Gasteiger partial charge on any atom is -0.511 e. The molecule has 3 aliphatic carbocycles. The number of phenolic OH excluding ortho intramolecular Hbond substituents is 1. The largest absolute Gasteiger partial charge is 0.511 e. The van der Waals surface area contributed by atoms with Gasteiger partial charge in [-0.3, -0.25) is 19.3 Å². The van der Waals surface area contributed by atoms with Gasteiger partial charge in [-0.25, -0.2) is 0 Å². The summed E-state index contributed by atoms with van der Waals surface area (Å²) in [5.74, 6) is -5.64. The van der Waals surface area contributed by atoms with Crippen molar-refractivity contribution in [1.82, 2.24) is 9.80 Å². The molecule has 0 saturated carbocycles. The number of ketones is 2. The van der Waals surface area contributed by atoms with Gasteiger partial charge in [0.05, 0.1) is 17.5 Å². The minimum absolute atomic E-state index is 0.0774. The third-order valence-corrected chi connectivity index (χ3v) is 8.21. The predicted molar refractivity (Wildman–Crippen MR) is 145 cm³/mol. The summed E-state index contributed by atoms with van der Waals surface area (Å²) in [6, 6.07) is 10.6. The number of nitrogens with two attached hydrogens (primary N) is 1. The van der Waals surface area contributed by atoms with Crippen molar-refractivity contribution in [2.45, 2.75) is 25.4 Å². The minimum atomic E-state index is -1.19. The summed E-state index contributed by atoms with van der Waals surface area (Å²) < 4.78 is 0. The fourth-order valence-electron chi connectivity index (χ4n) is 6.69. The number of rotatable bonds is 5. The molecule has 0 spiro atoms. The zero-order valence-electron chi connectivity index (χ0n) is 22.4. The van der Waals surface area contributed by atoms with Crippen LogP contribution in [0.2, 0.25) is 0 Å². The number of aromatic hydroxyl groups is 1. The van der Waals surface area contributed by atoms with E-state index in [-0.39, 0.29) is 16.9 Å². The Kier molecular flexibility index (Phi) is 6.60. The molecule has 0 radical (unpaired) electrons. The van der Waals surface area contributed by atoms with Gasteiger partial charge in [-0.15, -0.1) is 0 Å². The van der Waals surface area contributed by atoms with Gasteiger partial charge in [-0.05, 0) is 81.2 Å². The maximum Gasteiger partial charge on any atom is 0.255 e. The van der Waals surface area contributed by atoms with Crippen LogP contribution in [0, 0.1) is 17.8 Å². The van der Waals surface area contributed by atoms with Gasteiger partial charge in [-0.1, -0.05) is 30.3 Å². The highest BCUT2D eigenvalue weighted by Gasteiger charge is 2.54. The fraction of sp³-hybridized carbons (Fsp3) is 0.367. The lowest BCUT2D eigenvalue weighted by Crippen LogP contribution is -2.53. The third-order valence-electron chi connectivity index (χ3n) is 8.21.